The first-order valence-electron chi connectivity index (χ1n) is 6.64. The second kappa shape index (κ2) is 6.34. The predicted molar refractivity (Wildman–Crippen MR) is 87.6 cm³/mol. The van der Waals surface area contributed by atoms with Crippen LogP contribution in [0.2, 0.25) is 10.0 Å². The average Bonchev–Trinajstić information content (AvgIpc) is 2.42. The van der Waals surface area contributed by atoms with Crippen molar-refractivity contribution >= 4 is 29.0 Å². The Hall–Kier alpha value is -1.76. The average molecular weight is 320 g/mol. The van der Waals surface area contributed by atoms with E-state index in [4.69, 9.17) is 28.9 Å². The lowest BCUT2D eigenvalue weighted by atomic mass is 9.92. The molecule has 0 saturated heterocycles. The van der Waals surface area contributed by atoms with Crippen LogP contribution in [0.3, 0.4) is 0 Å². The van der Waals surface area contributed by atoms with Crippen molar-refractivity contribution in [1.29, 1.82) is 5.26 Å². The highest BCUT2D eigenvalue weighted by Crippen LogP contribution is 2.40. The monoisotopic (exact) mass is 319 g/mol. The largest absolute Gasteiger partial charge is 0.383 e. The van der Waals surface area contributed by atoms with Crippen LogP contribution in [-0.4, -0.2) is 4.98 Å². The fraction of sp³-hybridized carbons (Fsp3) is 0.250. The van der Waals surface area contributed by atoms with Gasteiger partial charge >= 0.3 is 0 Å². The van der Waals surface area contributed by atoms with E-state index in [1.807, 2.05) is 6.92 Å². The molecule has 0 aliphatic rings. The van der Waals surface area contributed by atoms with Gasteiger partial charge in [-0.15, -0.1) is 0 Å². The molecule has 0 aliphatic carbocycles. The Balaban J connectivity index is 2.92. The minimum atomic E-state index is 0.209. The molecule has 0 unspecified atom stereocenters. The Bertz CT molecular complexity index is 713. The van der Waals surface area contributed by atoms with Crippen LogP contribution in [0.5, 0.6) is 0 Å². The van der Waals surface area contributed by atoms with Crippen LogP contribution in [0.25, 0.3) is 11.1 Å². The van der Waals surface area contributed by atoms with Crippen molar-refractivity contribution in [3.63, 3.8) is 0 Å². The molecule has 0 spiro atoms. The molecule has 0 amide bonds. The van der Waals surface area contributed by atoms with Crippen LogP contribution in [0, 0.1) is 18.3 Å². The molecule has 0 aliphatic heterocycles. The lowest BCUT2D eigenvalue weighted by Gasteiger charge is -2.17. The van der Waals surface area contributed by atoms with Crippen LogP contribution in [0.1, 0.15) is 30.2 Å². The Labute approximate surface area is 134 Å². The molecule has 0 fully saturated rings. The summed E-state index contributed by atoms with van der Waals surface area (Å²) < 4.78 is 0. The second-order valence-corrected chi connectivity index (χ2v) is 5.58. The number of nitrogen functional groups attached to an aromatic ring is 1. The topological polar surface area (TPSA) is 62.7 Å². The van der Waals surface area contributed by atoms with Gasteiger partial charge in [0.1, 0.15) is 17.5 Å². The number of anilines is 1. The van der Waals surface area contributed by atoms with Crippen LogP contribution in [0.15, 0.2) is 18.2 Å². The van der Waals surface area contributed by atoms with Crippen LogP contribution in [0.4, 0.5) is 5.82 Å². The molecular weight excluding hydrogens is 305 g/mol. The number of nitriles is 1. The van der Waals surface area contributed by atoms with Crippen LogP contribution >= 0.6 is 23.2 Å². The summed E-state index contributed by atoms with van der Waals surface area (Å²) in [5.41, 5.74) is 9.38. The van der Waals surface area contributed by atoms with Crippen LogP contribution < -0.4 is 5.73 Å². The number of aryl methyl sites for hydroxylation is 1. The first kappa shape index (κ1) is 15.6. The van der Waals surface area contributed by atoms with Gasteiger partial charge in [0.05, 0.1) is 0 Å². The SMILES string of the molecule is CCCc1c(C)nc(N)c(C#N)c1-c1c(Cl)cccc1Cl. The van der Waals surface area contributed by atoms with Gasteiger partial charge in [0.2, 0.25) is 0 Å². The lowest BCUT2D eigenvalue weighted by Crippen LogP contribution is -2.06. The zero-order valence-corrected chi connectivity index (χ0v) is 13.4. The number of hydrogen-bond acceptors (Lipinski definition) is 3. The third-order valence-electron chi connectivity index (χ3n) is 3.36. The van der Waals surface area contributed by atoms with Crippen molar-refractivity contribution in [2.45, 2.75) is 26.7 Å². The van der Waals surface area contributed by atoms with Crippen molar-refractivity contribution in [1.82, 2.24) is 4.98 Å². The molecule has 21 heavy (non-hydrogen) atoms. The molecule has 5 heteroatoms. The Morgan fingerprint density at radius 3 is 2.38 bits per heavy atom. The molecule has 0 atom stereocenters. The van der Waals surface area contributed by atoms with E-state index < -0.39 is 0 Å². The third-order valence-corrected chi connectivity index (χ3v) is 3.99. The molecule has 108 valence electrons. The van der Waals surface area contributed by atoms with Gasteiger partial charge in [-0.3, -0.25) is 0 Å². The fourth-order valence-corrected chi connectivity index (χ4v) is 3.03. The Morgan fingerprint density at radius 2 is 1.86 bits per heavy atom. The number of rotatable bonds is 3. The van der Waals surface area contributed by atoms with Crippen molar-refractivity contribution in [2.24, 2.45) is 0 Å². The number of aromatic nitrogens is 1. The molecule has 0 saturated carbocycles. The maximum atomic E-state index is 9.47. The summed E-state index contributed by atoms with van der Waals surface area (Å²) in [5.74, 6) is 0.209. The molecule has 2 rings (SSSR count). The number of halogens is 2. The van der Waals surface area contributed by atoms with Gasteiger partial charge in [-0.05, 0) is 31.0 Å². The van der Waals surface area contributed by atoms with E-state index >= 15 is 0 Å². The highest BCUT2D eigenvalue weighted by molar-refractivity contribution is 6.39. The maximum Gasteiger partial charge on any atom is 0.142 e. The van der Waals surface area contributed by atoms with Crippen molar-refractivity contribution in [3.8, 4) is 17.2 Å². The standard InChI is InChI=1S/C16H15Cl2N3/c1-3-5-10-9(2)21-16(20)11(8-19)14(10)15-12(17)6-4-7-13(15)18/h4,6-7H,3,5H2,1-2H3,(H2,20,21). The van der Waals surface area contributed by atoms with Crippen molar-refractivity contribution in [3.05, 3.63) is 45.1 Å². The minimum Gasteiger partial charge on any atom is -0.383 e. The summed E-state index contributed by atoms with van der Waals surface area (Å²) in [7, 11) is 0. The Kier molecular flexibility index (Phi) is 4.72. The molecule has 1 aromatic carbocycles. The molecule has 0 bridgehead atoms. The molecule has 1 heterocycles. The van der Waals surface area contributed by atoms with E-state index in [2.05, 4.69) is 18.0 Å². The first-order chi connectivity index (χ1) is 10.0. The quantitative estimate of drug-likeness (QED) is 0.886. The van der Waals surface area contributed by atoms with Crippen LogP contribution in [-0.2, 0) is 6.42 Å². The zero-order chi connectivity index (χ0) is 15.6. The van der Waals surface area contributed by atoms with Gasteiger partial charge in [-0.2, -0.15) is 5.26 Å². The van der Waals surface area contributed by atoms with Gasteiger partial charge in [0.15, 0.2) is 0 Å². The zero-order valence-electron chi connectivity index (χ0n) is 11.9. The summed E-state index contributed by atoms with van der Waals surface area (Å²) >= 11 is 12.6. The summed E-state index contributed by atoms with van der Waals surface area (Å²) in [6.07, 6.45) is 1.71. The number of nitrogens with two attached hydrogens (primary N) is 1. The summed E-state index contributed by atoms with van der Waals surface area (Å²) in [4.78, 5) is 4.28. The normalized spacial score (nSPS) is 10.4. The van der Waals surface area contributed by atoms with Gasteiger partial charge in [-0.25, -0.2) is 4.98 Å². The molecular formula is C16H15Cl2N3. The van der Waals surface area contributed by atoms with E-state index in [0.717, 1.165) is 24.1 Å². The Morgan fingerprint density at radius 1 is 1.24 bits per heavy atom. The number of hydrogen-bond donors (Lipinski definition) is 1. The van der Waals surface area contributed by atoms with E-state index in [9.17, 15) is 5.26 Å². The minimum absolute atomic E-state index is 0.209. The fourth-order valence-electron chi connectivity index (χ4n) is 2.45. The van der Waals surface area contributed by atoms with E-state index in [1.165, 1.54) is 0 Å². The van der Waals surface area contributed by atoms with Gasteiger partial charge in [0.25, 0.3) is 0 Å². The predicted octanol–water partition coefficient (Wildman–Crippen LogP) is 4.77. The molecule has 2 aromatic rings. The maximum absolute atomic E-state index is 9.47. The molecule has 3 nitrogen and oxygen atoms in total. The van der Waals surface area contributed by atoms with Crippen molar-refractivity contribution < 1.29 is 0 Å². The molecule has 2 N–H and O–H groups in total. The number of pyridine rings is 1. The number of benzene rings is 1. The number of nitrogens with zero attached hydrogens (tertiary/aromatic N) is 2. The summed E-state index contributed by atoms with van der Waals surface area (Å²) in [6.45, 7) is 3.95. The third kappa shape index (κ3) is 2.83. The van der Waals surface area contributed by atoms with Gasteiger partial charge in [-0.1, -0.05) is 42.6 Å². The van der Waals surface area contributed by atoms with E-state index in [0.29, 0.717) is 26.7 Å². The van der Waals surface area contributed by atoms with E-state index in [1.54, 1.807) is 18.2 Å². The summed E-state index contributed by atoms with van der Waals surface area (Å²) in [5, 5.41) is 10.5. The van der Waals surface area contributed by atoms with Crippen molar-refractivity contribution in [2.75, 3.05) is 5.73 Å². The molecule has 0 radical (unpaired) electrons. The highest BCUT2D eigenvalue weighted by atomic mass is 35.5. The highest BCUT2D eigenvalue weighted by Gasteiger charge is 2.21. The van der Waals surface area contributed by atoms with Gasteiger partial charge in [0, 0.05) is 26.9 Å². The smallest absolute Gasteiger partial charge is 0.142 e. The lowest BCUT2D eigenvalue weighted by molar-refractivity contribution is 0.901. The molecule has 1 aromatic heterocycles. The summed E-state index contributed by atoms with van der Waals surface area (Å²) in [6, 6.07) is 7.42. The van der Waals surface area contributed by atoms with E-state index in [-0.39, 0.29) is 5.82 Å². The second-order valence-electron chi connectivity index (χ2n) is 4.77. The van der Waals surface area contributed by atoms with Gasteiger partial charge < -0.3 is 5.73 Å². The first-order valence-corrected chi connectivity index (χ1v) is 7.40.